The topological polar surface area (TPSA) is 89.3 Å². The van der Waals surface area contributed by atoms with Crippen molar-refractivity contribution in [1.29, 1.82) is 0 Å². The summed E-state index contributed by atoms with van der Waals surface area (Å²) in [5.41, 5.74) is 11.8. The molecule has 1 aromatic rings. The van der Waals surface area contributed by atoms with E-state index in [2.05, 4.69) is 0 Å². The zero-order valence-corrected chi connectivity index (χ0v) is 9.96. The summed E-state index contributed by atoms with van der Waals surface area (Å²) >= 11 is 1.50. The van der Waals surface area contributed by atoms with Gasteiger partial charge in [0.05, 0.1) is 5.56 Å². The van der Waals surface area contributed by atoms with Crippen molar-refractivity contribution in [3.05, 3.63) is 23.8 Å². The second-order valence-electron chi connectivity index (χ2n) is 3.72. The van der Waals surface area contributed by atoms with Crippen LogP contribution in [0, 0.1) is 5.92 Å². The molecule has 0 aliphatic carbocycles. The molecule has 1 atom stereocenters. The highest BCUT2D eigenvalue weighted by Gasteiger charge is 2.10. The van der Waals surface area contributed by atoms with Crippen molar-refractivity contribution in [2.24, 2.45) is 11.7 Å². The van der Waals surface area contributed by atoms with E-state index >= 15 is 0 Å². The predicted octanol–water partition coefficient (Wildman–Crippen LogP) is 1.09. The van der Waals surface area contributed by atoms with E-state index in [1.165, 1.54) is 11.8 Å². The number of nitrogens with two attached hydrogens (primary N) is 2. The van der Waals surface area contributed by atoms with Crippen LogP contribution in [0.25, 0.3) is 0 Å². The number of nitrogen functional groups attached to an aromatic ring is 1. The Kier molecular flexibility index (Phi) is 4.64. The van der Waals surface area contributed by atoms with E-state index in [4.69, 9.17) is 16.6 Å². The number of anilines is 1. The van der Waals surface area contributed by atoms with Gasteiger partial charge in [0.2, 0.25) is 5.91 Å². The predicted molar refractivity (Wildman–Crippen MR) is 66.3 cm³/mol. The number of aliphatic hydroxyl groups excluding tert-OH is 1. The largest absolute Gasteiger partial charge is 0.399 e. The highest BCUT2D eigenvalue weighted by Crippen LogP contribution is 2.26. The molecule has 1 rings (SSSR count). The van der Waals surface area contributed by atoms with Gasteiger partial charge >= 0.3 is 0 Å². The van der Waals surface area contributed by atoms with E-state index in [1.807, 2.05) is 6.92 Å². The molecule has 0 aliphatic heterocycles. The first kappa shape index (κ1) is 12.9. The number of hydrogen-bond acceptors (Lipinski definition) is 4. The zero-order chi connectivity index (χ0) is 12.1. The molecule has 0 spiro atoms. The molecule has 5 heteroatoms. The summed E-state index contributed by atoms with van der Waals surface area (Å²) in [6, 6.07) is 5.09. The Bertz CT molecular complexity index is 382. The van der Waals surface area contributed by atoms with Crippen LogP contribution < -0.4 is 11.5 Å². The summed E-state index contributed by atoms with van der Waals surface area (Å²) in [5.74, 6) is 0.440. The molecule has 0 fully saturated rings. The number of hydrogen-bond donors (Lipinski definition) is 3. The average Bonchev–Trinajstić information content (AvgIpc) is 2.26. The van der Waals surface area contributed by atoms with Crippen molar-refractivity contribution in [3.8, 4) is 0 Å². The number of benzene rings is 1. The molecule has 88 valence electrons. The average molecular weight is 240 g/mol. The van der Waals surface area contributed by atoms with Crippen LogP contribution in [0.1, 0.15) is 17.3 Å². The van der Waals surface area contributed by atoms with Crippen LogP contribution >= 0.6 is 11.8 Å². The molecule has 4 nitrogen and oxygen atoms in total. The first-order chi connectivity index (χ1) is 7.54. The monoisotopic (exact) mass is 240 g/mol. The standard InChI is InChI=1S/C11H16N2O2S/c1-7(5-14)6-16-10-3-2-8(12)4-9(10)11(13)15/h2-4,7,14H,5-6,12H2,1H3,(H2,13,15). The number of rotatable bonds is 5. The number of aliphatic hydroxyl groups is 1. The van der Waals surface area contributed by atoms with Crippen LogP contribution in [0.4, 0.5) is 5.69 Å². The number of thioether (sulfide) groups is 1. The minimum absolute atomic E-state index is 0.133. The summed E-state index contributed by atoms with van der Waals surface area (Å²) < 4.78 is 0. The van der Waals surface area contributed by atoms with E-state index in [-0.39, 0.29) is 12.5 Å². The molecule has 0 saturated carbocycles. The molecule has 1 unspecified atom stereocenters. The van der Waals surface area contributed by atoms with Crippen LogP contribution in [-0.4, -0.2) is 23.4 Å². The smallest absolute Gasteiger partial charge is 0.249 e. The molecule has 0 heterocycles. The Morgan fingerprint density at radius 1 is 1.56 bits per heavy atom. The molecule has 1 aromatic carbocycles. The normalized spacial score (nSPS) is 12.4. The van der Waals surface area contributed by atoms with Crippen LogP contribution in [0.2, 0.25) is 0 Å². The van der Waals surface area contributed by atoms with Gasteiger partial charge in [-0.05, 0) is 24.1 Å². The lowest BCUT2D eigenvalue weighted by Gasteiger charge is -2.10. The summed E-state index contributed by atoms with van der Waals surface area (Å²) in [6.07, 6.45) is 0. The van der Waals surface area contributed by atoms with Crippen LogP contribution in [0.3, 0.4) is 0 Å². The molecule has 0 bridgehead atoms. The third kappa shape index (κ3) is 3.43. The molecule has 1 amide bonds. The summed E-state index contributed by atoms with van der Waals surface area (Å²) in [7, 11) is 0. The van der Waals surface area contributed by atoms with E-state index in [0.29, 0.717) is 11.3 Å². The van der Waals surface area contributed by atoms with Gasteiger partial charge in [0, 0.05) is 22.9 Å². The SMILES string of the molecule is CC(CO)CSc1ccc(N)cc1C(N)=O. The van der Waals surface area contributed by atoms with E-state index < -0.39 is 5.91 Å². The number of carbonyl (C=O) groups is 1. The number of primary amides is 1. The molecule has 0 aliphatic rings. The summed E-state index contributed by atoms with van der Waals surface area (Å²) in [4.78, 5) is 12.0. The zero-order valence-electron chi connectivity index (χ0n) is 9.14. The second kappa shape index (κ2) is 5.77. The molecule has 0 radical (unpaired) electrons. The van der Waals surface area contributed by atoms with E-state index in [9.17, 15) is 4.79 Å². The van der Waals surface area contributed by atoms with E-state index in [0.717, 1.165) is 10.6 Å². The fraction of sp³-hybridized carbons (Fsp3) is 0.364. The van der Waals surface area contributed by atoms with E-state index in [1.54, 1.807) is 18.2 Å². The van der Waals surface area contributed by atoms with Crippen molar-refractivity contribution in [1.82, 2.24) is 0 Å². The molecule has 0 saturated heterocycles. The van der Waals surface area contributed by atoms with Gasteiger partial charge in [-0.25, -0.2) is 0 Å². The van der Waals surface area contributed by atoms with Gasteiger partial charge in [-0.15, -0.1) is 11.8 Å². The molecule has 5 N–H and O–H groups in total. The van der Waals surface area contributed by atoms with Gasteiger partial charge in [-0.3, -0.25) is 4.79 Å². The number of carbonyl (C=O) groups excluding carboxylic acids is 1. The van der Waals surface area contributed by atoms with Gasteiger partial charge in [0.25, 0.3) is 0 Å². The Morgan fingerprint density at radius 2 is 2.25 bits per heavy atom. The van der Waals surface area contributed by atoms with Crippen molar-refractivity contribution in [2.75, 3.05) is 18.1 Å². The molecular formula is C11H16N2O2S. The highest BCUT2D eigenvalue weighted by atomic mass is 32.2. The first-order valence-electron chi connectivity index (χ1n) is 4.97. The van der Waals surface area contributed by atoms with Gasteiger partial charge in [-0.1, -0.05) is 6.92 Å². The van der Waals surface area contributed by atoms with Crippen LogP contribution in [-0.2, 0) is 0 Å². The van der Waals surface area contributed by atoms with Gasteiger partial charge in [-0.2, -0.15) is 0 Å². The van der Waals surface area contributed by atoms with Gasteiger partial charge in [0.1, 0.15) is 0 Å². The van der Waals surface area contributed by atoms with Crippen molar-refractivity contribution in [2.45, 2.75) is 11.8 Å². The highest BCUT2D eigenvalue weighted by molar-refractivity contribution is 7.99. The third-order valence-electron chi connectivity index (χ3n) is 2.10. The maximum absolute atomic E-state index is 11.2. The lowest BCUT2D eigenvalue weighted by atomic mass is 10.2. The Balaban J connectivity index is 2.82. The summed E-state index contributed by atoms with van der Waals surface area (Å²) in [5, 5.41) is 8.91. The van der Waals surface area contributed by atoms with Crippen LogP contribution in [0.5, 0.6) is 0 Å². The molecule has 0 aromatic heterocycles. The summed E-state index contributed by atoms with van der Waals surface area (Å²) in [6.45, 7) is 2.07. The quantitative estimate of drug-likeness (QED) is 0.531. The first-order valence-corrected chi connectivity index (χ1v) is 5.96. The molecular weight excluding hydrogens is 224 g/mol. The Hall–Kier alpha value is -1.20. The van der Waals surface area contributed by atoms with Crippen molar-refractivity contribution in [3.63, 3.8) is 0 Å². The Labute approximate surface area is 99.0 Å². The number of amides is 1. The third-order valence-corrected chi connectivity index (χ3v) is 3.51. The maximum Gasteiger partial charge on any atom is 0.249 e. The van der Waals surface area contributed by atoms with Crippen molar-refractivity contribution < 1.29 is 9.90 Å². The van der Waals surface area contributed by atoms with Gasteiger partial charge < -0.3 is 16.6 Å². The Morgan fingerprint density at radius 3 is 2.81 bits per heavy atom. The molecule has 16 heavy (non-hydrogen) atoms. The lowest BCUT2D eigenvalue weighted by molar-refractivity contribution is 0.0997. The minimum atomic E-state index is -0.480. The fourth-order valence-corrected chi connectivity index (χ4v) is 2.20. The lowest BCUT2D eigenvalue weighted by Crippen LogP contribution is -2.13. The maximum atomic E-state index is 11.2. The fourth-order valence-electron chi connectivity index (χ4n) is 1.15. The van der Waals surface area contributed by atoms with Crippen molar-refractivity contribution >= 4 is 23.4 Å². The van der Waals surface area contributed by atoms with Crippen LogP contribution in [0.15, 0.2) is 23.1 Å². The minimum Gasteiger partial charge on any atom is -0.399 e. The van der Waals surface area contributed by atoms with Gasteiger partial charge in [0.15, 0.2) is 0 Å². The second-order valence-corrected chi connectivity index (χ2v) is 4.78.